The van der Waals surface area contributed by atoms with Gasteiger partial charge in [0.2, 0.25) is 0 Å². The smallest absolute Gasteiger partial charge is 0.297 e. The number of hydrogen-bond donors (Lipinski definition) is 3. The average molecular weight is 411 g/mol. The van der Waals surface area contributed by atoms with Gasteiger partial charge in [-0.25, -0.2) is 0 Å². The number of aryl methyl sites for hydroxylation is 1. The van der Waals surface area contributed by atoms with Crippen LogP contribution in [0.25, 0.3) is 0 Å². The molecule has 1 aromatic carbocycles. The molecule has 0 amide bonds. The second-order valence-electron chi connectivity index (χ2n) is 5.38. The molecule has 0 aromatic heterocycles. The number of benzene rings is 1. The van der Waals surface area contributed by atoms with E-state index in [9.17, 15) is 23.7 Å². The molecule has 3 atom stereocenters. The molecule has 6 nitrogen and oxygen atoms in total. The van der Waals surface area contributed by atoms with Gasteiger partial charge in [-0.05, 0) is 30.6 Å². The highest BCUT2D eigenvalue weighted by Crippen LogP contribution is 2.29. The molecule has 0 aliphatic rings. The number of aliphatic hydroxyl groups is 3. The first-order valence-corrected chi connectivity index (χ1v) is 11.5. The summed E-state index contributed by atoms with van der Waals surface area (Å²) in [6.45, 7) is 5.06. The zero-order valence-corrected chi connectivity index (χ0v) is 17.0. The molecular weight excluding hydrogens is 384 g/mol. The monoisotopic (exact) mass is 410 g/mol. The number of rotatable bonds is 11. The molecule has 144 valence electrons. The second kappa shape index (κ2) is 10.8. The highest BCUT2D eigenvalue weighted by Gasteiger charge is 2.32. The molecule has 0 spiro atoms. The molecule has 0 bridgehead atoms. The van der Waals surface area contributed by atoms with E-state index >= 15 is 0 Å². The summed E-state index contributed by atoms with van der Waals surface area (Å²) >= 11 is 2.92. The van der Waals surface area contributed by atoms with Gasteiger partial charge >= 0.3 is 0 Å². The Kier molecular flexibility index (Phi) is 9.79. The maximum Gasteiger partial charge on any atom is 0.297 e. The van der Waals surface area contributed by atoms with Crippen molar-refractivity contribution in [2.75, 3.05) is 18.1 Å². The highest BCUT2D eigenvalue weighted by atomic mass is 32.2. The molecule has 0 saturated carbocycles. The van der Waals surface area contributed by atoms with Gasteiger partial charge in [0.05, 0.1) is 16.1 Å². The van der Waals surface area contributed by atoms with Crippen LogP contribution >= 0.6 is 23.5 Å². The van der Waals surface area contributed by atoms with Crippen molar-refractivity contribution in [3.05, 3.63) is 29.8 Å². The topological polar surface area (TPSA) is 104 Å². The molecule has 3 N–H and O–H groups in total. The van der Waals surface area contributed by atoms with Crippen LogP contribution in [0.2, 0.25) is 0 Å². The van der Waals surface area contributed by atoms with Crippen LogP contribution in [0.3, 0.4) is 0 Å². The lowest BCUT2D eigenvalue weighted by molar-refractivity contribution is -0.0661. The van der Waals surface area contributed by atoms with Gasteiger partial charge in [-0.3, -0.25) is 4.18 Å². The van der Waals surface area contributed by atoms with E-state index in [2.05, 4.69) is 0 Å². The van der Waals surface area contributed by atoms with Crippen LogP contribution in [0.4, 0.5) is 0 Å². The van der Waals surface area contributed by atoms with Crippen molar-refractivity contribution in [2.45, 2.75) is 48.6 Å². The van der Waals surface area contributed by atoms with Crippen molar-refractivity contribution in [1.82, 2.24) is 0 Å². The number of aliphatic hydroxyl groups excluding tert-OH is 3. The quantitative estimate of drug-likeness (QED) is 0.373. The van der Waals surface area contributed by atoms with Crippen molar-refractivity contribution in [3.63, 3.8) is 0 Å². The first-order chi connectivity index (χ1) is 11.7. The van der Waals surface area contributed by atoms with Gasteiger partial charge in [0.25, 0.3) is 10.1 Å². The van der Waals surface area contributed by atoms with Crippen LogP contribution in [-0.4, -0.2) is 64.7 Å². The fourth-order valence-corrected chi connectivity index (χ4v) is 5.49. The molecule has 0 aliphatic carbocycles. The van der Waals surface area contributed by atoms with Crippen LogP contribution in [0.15, 0.2) is 29.2 Å². The van der Waals surface area contributed by atoms with Crippen molar-refractivity contribution < 1.29 is 27.9 Å². The molecular formula is C16H26O6S3. The lowest BCUT2D eigenvalue weighted by atomic mass is 10.1. The first kappa shape index (κ1) is 22.8. The lowest BCUT2D eigenvalue weighted by Crippen LogP contribution is -2.44. The molecule has 0 unspecified atom stereocenters. The third-order valence-corrected chi connectivity index (χ3v) is 7.38. The molecule has 1 rings (SSSR count). The molecule has 1 aromatic rings. The Bertz CT molecular complexity index is 599. The Hall–Kier alpha value is -0.290. The van der Waals surface area contributed by atoms with Gasteiger partial charge in [0.1, 0.15) is 18.3 Å². The minimum atomic E-state index is -4.04. The third-order valence-electron chi connectivity index (χ3n) is 3.39. The van der Waals surface area contributed by atoms with Crippen molar-refractivity contribution >= 4 is 33.6 Å². The van der Waals surface area contributed by atoms with Gasteiger partial charge in [0.15, 0.2) is 0 Å². The van der Waals surface area contributed by atoms with Gasteiger partial charge in [0, 0.05) is 0 Å². The summed E-state index contributed by atoms with van der Waals surface area (Å²) in [7, 11) is -4.04. The Morgan fingerprint density at radius 2 is 1.52 bits per heavy atom. The van der Waals surface area contributed by atoms with Crippen LogP contribution in [0.1, 0.15) is 19.4 Å². The van der Waals surface area contributed by atoms with Gasteiger partial charge in [-0.1, -0.05) is 31.5 Å². The van der Waals surface area contributed by atoms with Crippen LogP contribution in [0, 0.1) is 6.92 Å². The minimum absolute atomic E-state index is 0.0266. The maximum atomic E-state index is 12.1. The Labute approximate surface area is 158 Å². The minimum Gasteiger partial charge on any atom is -0.388 e. The van der Waals surface area contributed by atoms with Crippen LogP contribution < -0.4 is 0 Å². The third kappa shape index (κ3) is 7.09. The predicted molar refractivity (Wildman–Crippen MR) is 102 cm³/mol. The van der Waals surface area contributed by atoms with Crippen LogP contribution in [0.5, 0.6) is 0 Å². The van der Waals surface area contributed by atoms with E-state index in [1.54, 1.807) is 12.1 Å². The fourth-order valence-electron chi connectivity index (χ4n) is 1.99. The van der Waals surface area contributed by atoms with E-state index in [0.29, 0.717) is 0 Å². The summed E-state index contributed by atoms with van der Waals surface area (Å²) < 4.78 is 28.7. The zero-order valence-electron chi connectivity index (χ0n) is 14.5. The summed E-state index contributed by atoms with van der Waals surface area (Å²) in [4.78, 5) is -0.0266. The Morgan fingerprint density at radius 1 is 1.00 bits per heavy atom. The predicted octanol–water partition coefficient (Wildman–Crippen LogP) is 1.62. The van der Waals surface area contributed by atoms with Crippen molar-refractivity contribution in [2.24, 2.45) is 0 Å². The van der Waals surface area contributed by atoms with Gasteiger partial charge in [-0.2, -0.15) is 8.42 Å². The van der Waals surface area contributed by atoms with Gasteiger partial charge < -0.3 is 15.3 Å². The normalized spacial score (nSPS) is 16.0. The Morgan fingerprint density at radius 3 is 2.00 bits per heavy atom. The maximum absolute atomic E-state index is 12.1. The standard InChI is InChI=1S/C16H26O6S3/c1-4-23-16(24-5-2)15(19)14(18)13(17)10-22-25(20,21)12-8-6-11(3)7-9-12/h6-9,13-19H,4-5,10H2,1-3H3/t13-,14-,15+/m1/s1. The summed E-state index contributed by atoms with van der Waals surface area (Å²) in [5.74, 6) is 1.49. The SMILES string of the molecule is CCSC(SCC)[C@@H](O)[C@H](O)[C@H](O)COS(=O)(=O)c1ccc(C)cc1. The van der Waals surface area contributed by atoms with E-state index in [-0.39, 0.29) is 9.48 Å². The molecule has 0 fully saturated rings. The molecule has 0 saturated heterocycles. The summed E-state index contributed by atoms with van der Waals surface area (Å²) in [6, 6.07) is 6.10. The molecule has 25 heavy (non-hydrogen) atoms. The summed E-state index contributed by atoms with van der Waals surface area (Å²) in [5, 5.41) is 30.4. The second-order valence-corrected chi connectivity index (χ2v) is 10.1. The average Bonchev–Trinajstić information content (AvgIpc) is 2.58. The van der Waals surface area contributed by atoms with Crippen LogP contribution in [-0.2, 0) is 14.3 Å². The van der Waals surface area contributed by atoms with E-state index in [4.69, 9.17) is 4.18 Å². The zero-order chi connectivity index (χ0) is 19.0. The number of hydrogen-bond acceptors (Lipinski definition) is 8. The highest BCUT2D eigenvalue weighted by molar-refractivity contribution is 8.17. The van der Waals surface area contributed by atoms with E-state index in [0.717, 1.165) is 17.1 Å². The van der Waals surface area contributed by atoms with E-state index < -0.39 is 35.0 Å². The van der Waals surface area contributed by atoms with E-state index in [1.165, 1.54) is 35.7 Å². The molecule has 0 heterocycles. The van der Waals surface area contributed by atoms with Crippen molar-refractivity contribution in [1.29, 1.82) is 0 Å². The lowest BCUT2D eigenvalue weighted by Gasteiger charge is -2.28. The summed E-state index contributed by atoms with van der Waals surface area (Å²) in [5.41, 5.74) is 0.908. The molecule has 9 heteroatoms. The number of thioether (sulfide) groups is 2. The largest absolute Gasteiger partial charge is 0.388 e. The summed E-state index contributed by atoms with van der Waals surface area (Å²) in [6.07, 6.45) is -4.22. The van der Waals surface area contributed by atoms with E-state index in [1.807, 2.05) is 20.8 Å². The Balaban J connectivity index is 2.67. The molecule has 0 radical (unpaired) electrons. The molecule has 0 aliphatic heterocycles. The van der Waals surface area contributed by atoms with Crippen molar-refractivity contribution in [3.8, 4) is 0 Å². The van der Waals surface area contributed by atoms with Gasteiger partial charge in [-0.15, -0.1) is 23.5 Å². The first-order valence-electron chi connectivity index (χ1n) is 7.96. The fraction of sp³-hybridized carbons (Fsp3) is 0.625.